The van der Waals surface area contributed by atoms with Crippen molar-refractivity contribution in [2.75, 3.05) is 6.54 Å². The van der Waals surface area contributed by atoms with Crippen LogP contribution in [0.1, 0.15) is 10.6 Å². The molecule has 2 aromatic rings. The van der Waals surface area contributed by atoms with E-state index in [1.807, 2.05) is 18.3 Å². The number of hydrogen-bond donors (Lipinski definition) is 2. The quantitative estimate of drug-likeness (QED) is 0.776. The molecule has 0 saturated carbocycles. The van der Waals surface area contributed by atoms with Gasteiger partial charge < -0.3 is 11.1 Å². The molecule has 5 nitrogen and oxygen atoms in total. The van der Waals surface area contributed by atoms with Gasteiger partial charge in [0, 0.05) is 30.7 Å². The van der Waals surface area contributed by atoms with Gasteiger partial charge in [-0.25, -0.2) is 0 Å². The van der Waals surface area contributed by atoms with Crippen LogP contribution < -0.4 is 11.1 Å². The second-order valence-corrected chi connectivity index (χ2v) is 5.36. The summed E-state index contributed by atoms with van der Waals surface area (Å²) in [7, 11) is 0. The van der Waals surface area contributed by atoms with Gasteiger partial charge in [-0.3, -0.25) is 4.68 Å². The molecule has 0 aromatic carbocycles. The van der Waals surface area contributed by atoms with Gasteiger partial charge in [0.15, 0.2) is 0 Å². The van der Waals surface area contributed by atoms with Crippen LogP contribution in [0.25, 0.3) is 0 Å². The molecule has 0 unspecified atom stereocenters. The van der Waals surface area contributed by atoms with Crippen molar-refractivity contribution in [2.24, 2.45) is 5.73 Å². The zero-order valence-electron chi connectivity index (χ0n) is 9.27. The maximum atomic E-state index is 5.84. The normalized spacial score (nSPS) is 10.9. The molecule has 0 aliphatic heterocycles. The SMILES string of the molecule is NCc1cn(CCNCc2ccc(Cl)s2)nn1. The predicted molar refractivity (Wildman–Crippen MR) is 68.9 cm³/mol. The van der Waals surface area contributed by atoms with Crippen LogP contribution >= 0.6 is 22.9 Å². The number of nitrogens with zero attached hydrogens (tertiary/aromatic N) is 3. The van der Waals surface area contributed by atoms with Crippen LogP contribution in [0.15, 0.2) is 18.3 Å². The molecule has 0 spiro atoms. The van der Waals surface area contributed by atoms with Crippen molar-refractivity contribution in [3.05, 3.63) is 33.2 Å². The minimum atomic E-state index is 0.432. The van der Waals surface area contributed by atoms with Crippen LogP contribution in [0.2, 0.25) is 4.34 Å². The lowest BCUT2D eigenvalue weighted by molar-refractivity contribution is 0.542. The molecule has 2 heterocycles. The van der Waals surface area contributed by atoms with Crippen LogP contribution in [0, 0.1) is 0 Å². The van der Waals surface area contributed by atoms with Gasteiger partial charge in [-0.15, -0.1) is 16.4 Å². The highest BCUT2D eigenvalue weighted by Gasteiger charge is 1.99. The smallest absolute Gasteiger partial charge is 0.0962 e. The van der Waals surface area contributed by atoms with E-state index in [9.17, 15) is 0 Å². The molecule has 0 aliphatic rings. The Labute approximate surface area is 109 Å². The lowest BCUT2D eigenvalue weighted by Gasteiger charge is -2.02. The highest BCUT2D eigenvalue weighted by molar-refractivity contribution is 7.16. The monoisotopic (exact) mass is 271 g/mol. The van der Waals surface area contributed by atoms with E-state index in [2.05, 4.69) is 15.6 Å². The molecule has 0 bridgehead atoms. The molecule has 2 rings (SSSR count). The Hall–Kier alpha value is -0.950. The van der Waals surface area contributed by atoms with Gasteiger partial charge in [-0.05, 0) is 12.1 Å². The summed E-state index contributed by atoms with van der Waals surface area (Å²) >= 11 is 7.44. The molecule has 2 aromatic heterocycles. The third kappa shape index (κ3) is 3.78. The van der Waals surface area contributed by atoms with E-state index in [0.29, 0.717) is 6.54 Å². The molecule has 0 saturated heterocycles. The average molecular weight is 272 g/mol. The third-order valence-electron chi connectivity index (χ3n) is 2.24. The summed E-state index contributed by atoms with van der Waals surface area (Å²) in [6.45, 7) is 2.88. The Morgan fingerprint density at radius 1 is 1.47 bits per heavy atom. The van der Waals surface area contributed by atoms with E-state index in [1.165, 1.54) is 4.88 Å². The summed E-state index contributed by atoms with van der Waals surface area (Å²) < 4.78 is 2.61. The summed E-state index contributed by atoms with van der Waals surface area (Å²) in [5.74, 6) is 0. The summed E-state index contributed by atoms with van der Waals surface area (Å²) in [6, 6.07) is 3.94. The lowest BCUT2D eigenvalue weighted by Crippen LogP contribution is -2.19. The molecule has 0 atom stereocenters. The molecule has 0 amide bonds. The van der Waals surface area contributed by atoms with Crippen molar-refractivity contribution in [2.45, 2.75) is 19.6 Å². The molecule has 92 valence electrons. The zero-order chi connectivity index (χ0) is 12.1. The Balaban J connectivity index is 1.69. The standard InChI is InChI=1S/C10H14ClN5S/c11-10-2-1-9(17-10)6-13-3-4-16-7-8(5-12)14-15-16/h1-2,7,13H,3-6,12H2. The molecule has 7 heteroatoms. The summed E-state index contributed by atoms with van der Waals surface area (Å²) in [5, 5.41) is 11.2. The maximum absolute atomic E-state index is 5.84. The second kappa shape index (κ2) is 6.11. The number of halogens is 1. The molecule has 17 heavy (non-hydrogen) atoms. The summed E-state index contributed by atoms with van der Waals surface area (Å²) in [5.41, 5.74) is 6.27. The number of thiophene rings is 1. The van der Waals surface area contributed by atoms with Crippen LogP contribution in [-0.4, -0.2) is 21.5 Å². The topological polar surface area (TPSA) is 68.8 Å². The van der Waals surface area contributed by atoms with Gasteiger partial charge >= 0.3 is 0 Å². The van der Waals surface area contributed by atoms with Crippen LogP contribution in [0.5, 0.6) is 0 Å². The fraction of sp³-hybridized carbons (Fsp3) is 0.400. The maximum Gasteiger partial charge on any atom is 0.0962 e. The van der Waals surface area contributed by atoms with Crippen LogP contribution in [-0.2, 0) is 19.6 Å². The van der Waals surface area contributed by atoms with E-state index in [1.54, 1.807) is 16.0 Å². The van der Waals surface area contributed by atoms with E-state index in [4.69, 9.17) is 17.3 Å². The predicted octanol–water partition coefficient (Wildman–Crippen LogP) is 1.24. The molecule has 0 radical (unpaired) electrons. The fourth-order valence-electron chi connectivity index (χ4n) is 1.39. The Bertz CT molecular complexity index is 467. The number of nitrogens with two attached hydrogens (primary N) is 1. The highest BCUT2D eigenvalue weighted by atomic mass is 35.5. The average Bonchev–Trinajstić information content (AvgIpc) is 2.93. The first-order valence-electron chi connectivity index (χ1n) is 5.32. The molecule has 3 N–H and O–H groups in total. The second-order valence-electron chi connectivity index (χ2n) is 3.56. The summed E-state index contributed by atoms with van der Waals surface area (Å²) in [4.78, 5) is 1.23. The van der Waals surface area contributed by atoms with Crippen molar-refractivity contribution in [3.8, 4) is 0 Å². The number of rotatable bonds is 6. The highest BCUT2D eigenvalue weighted by Crippen LogP contribution is 2.20. The van der Waals surface area contributed by atoms with Crippen molar-refractivity contribution < 1.29 is 0 Å². The first kappa shape index (κ1) is 12.5. The van der Waals surface area contributed by atoms with Gasteiger partial charge in [-0.2, -0.15) is 0 Å². The minimum absolute atomic E-state index is 0.432. The van der Waals surface area contributed by atoms with Crippen molar-refractivity contribution in [1.82, 2.24) is 20.3 Å². The number of nitrogens with one attached hydrogen (secondary N) is 1. The van der Waals surface area contributed by atoms with Gasteiger partial charge in [-0.1, -0.05) is 16.8 Å². The first-order valence-corrected chi connectivity index (χ1v) is 6.51. The molecule has 0 aliphatic carbocycles. The number of hydrogen-bond acceptors (Lipinski definition) is 5. The van der Waals surface area contributed by atoms with Crippen LogP contribution in [0.4, 0.5) is 0 Å². The molecule has 0 fully saturated rings. The Kier molecular flexibility index (Phi) is 4.49. The van der Waals surface area contributed by atoms with E-state index in [0.717, 1.165) is 29.7 Å². The van der Waals surface area contributed by atoms with E-state index < -0.39 is 0 Å². The zero-order valence-corrected chi connectivity index (χ0v) is 10.8. The van der Waals surface area contributed by atoms with Gasteiger partial charge in [0.2, 0.25) is 0 Å². The largest absolute Gasteiger partial charge is 0.325 e. The number of aromatic nitrogens is 3. The van der Waals surface area contributed by atoms with E-state index in [-0.39, 0.29) is 0 Å². The minimum Gasteiger partial charge on any atom is -0.325 e. The molecular weight excluding hydrogens is 258 g/mol. The van der Waals surface area contributed by atoms with Crippen molar-refractivity contribution >= 4 is 22.9 Å². The van der Waals surface area contributed by atoms with Crippen molar-refractivity contribution in [1.29, 1.82) is 0 Å². The van der Waals surface area contributed by atoms with Crippen LogP contribution in [0.3, 0.4) is 0 Å². The van der Waals surface area contributed by atoms with Gasteiger partial charge in [0.25, 0.3) is 0 Å². The molecular formula is C10H14ClN5S. The van der Waals surface area contributed by atoms with Gasteiger partial charge in [0.1, 0.15) is 0 Å². The van der Waals surface area contributed by atoms with Crippen molar-refractivity contribution in [3.63, 3.8) is 0 Å². The Morgan fingerprint density at radius 3 is 3.00 bits per heavy atom. The summed E-state index contributed by atoms with van der Waals surface area (Å²) in [6.07, 6.45) is 1.86. The van der Waals surface area contributed by atoms with Gasteiger partial charge in [0.05, 0.1) is 16.6 Å². The first-order chi connectivity index (χ1) is 8.28. The fourth-order valence-corrected chi connectivity index (χ4v) is 2.45. The Morgan fingerprint density at radius 2 is 2.35 bits per heavy atom. The third-order valence-corrected chi connectivity index (χ3v) is 3.47. The van der Waals surface area contributed by atoms with E-state index >= 15 is 0 Å². The lowest BCUT2D eigenvalue weighted by atomic mass is 10.4.